The Labute approximate surface area is 110 Å². The highest BCUT2D eigenvalue weighted by atomic mass is 32.1. The average molecular weight is 259 g/mol. The van der Waals surface area contributed by atoms with Crippen LogP contribution in [0.3, 0.4) is 0 Å². The summed E-state index contributed by atoms with van der Waals surface area (Å²) in [6.07, 6.45) is 0.704. The maximum absolute atomic E-state index is 9.10. The molecule has 5 heteroatoms. The lowest BCUT2D eigenvalue weighted by Gasteiger charge is -2.01. The first-order valence-electron chi connectivity index (χ1n) is 5.52. The molecule has 1 heterocycles. The summed E-state index contributed by atoms with van der Waals surface area (Å²) >= 11 is 1.52. The van der Waals surface area contributed by atoms with E-state index in [0.717, 1.165) is 21.2 Å². The van der Waals surface area contributed by atoms with Crippen LogP contribution in [0.2, 0.25) is 0 Å². The molecule has 0 atom stereocenters. The average Bonchev–Trinajstić information content (AvgIpc) is 2.82. The third kappa shape index (κ3) is 2.50. The van der Waals surface area contributed by atoms with Crippen molar-refractivity contribution < 1.29 is 4.74 Å². The number of hydrogen-bond acceptors (Lipinski definition) is 5. The summed E-state index contributed by atoms with van der Waals surface area (Å²) < 4.78 is 5.11. The molecule has 0 aliphatic rings. The molecule has 0 radical (unpaired) electrons. The monoisotopic (exact) mass is 259 g/mol. The number of nitrogens with zero attached hydrogens (tertiary/aromatic N) is 2. The molecule has 1 aromatic heterocycles. The summed E-state index contributed by atoms with van der Waals surface area (Å²) in [7, 11) is 1.63. The number of ether oxygens (including phenoxy) is 1. The molecule has 18 heavy (non-hydrogen) atoms. The van der Waals surface area contributed by atoms with Crippen molar-refractivity contribution in [3.05, 3.63) is 35.0 Å². The second-order valence-corrected chi connectivity index (χ2v) is 4.75. The van der Waals surface area contributed by atoms with E-state index >= 15 is 0 Å². The van der Waals surface area contributed by atoms with Gasteiger partial charge in [-0.2, -0.15) is 5.26 Å². The summed E-state index contributed by atoms with van der Waals surface area (Å²) in [5.74, 6) is 0.795. The van der Waals surface area contributed by atoms with E-state index < -0.39 is 0 Å². The number of aromatic nitrogens is 1. The van der Waals surface area contributed by atoms with Crippen molar-refractivity contribution in [2.75, 3.05) is 13.7 Å². The van der Waals surface area contributed by atoms with Crippen LogP contribution in [0.25, 0.3) is 10.4 Å². The standard InChI is InChI=1S/C13H13N3OS/c1-17-10-4-2-9(3-5-10)13-11(8-15)16-12(18-13)6-7-14/h2-5H,6-7,14H2,1H3. The van der Waals surface area contributed by atoms with Crippen molar-refractivity contribution in [2.45, 2.75) is 6.42 Å². The predicted octanol–water partition coefficient (Wildman–Crippen LogP) is 2.19. The van der Waals surface area contributed by atoms with E-state index in [2.05, 4.69) is 11.1 Å². The van der Waals surface area contributed by atoms with Crippen LogP contribution < -0.4 is 10.5 Å². The molecule has 0 amide bonds. The molecule has 0 saturated carbocycles. The second-order valence-electron chi connectivity index (χ2n) is 3.66. The van der Waals surface area contributed by atoms with Crippen molar-refractivity contribution in [2.24, 2.45) is 5.73 Å². The Hall–Kier alpha value is -1.90. The molecule has 2 rings (SSSR count). The number of nitrogens with two attached hydrogens (primary N) is 1. The van der Waals surface area contributed by atoms with Gasteiger partial charge in [-0.25, -0.2) is 4.98 Å². The Balaban J connectivity index is 2.39. The van der Waals surface area contributed by atoms with Crippen molar-refractivity contribution in [3.63, 3.8) is 0 Å². The van der Waals surface area contributed by atoms with Crippen LogP contribution in [-0.4, -0.2) is 18.6 Å². The lowest BCUT2D eigenvalue weighted by Crippen LogP contribution is -2.01. The fourth-order valence-corrected chi connectivity index (χ4v) is 2.64. The first kappa shape index (κ1) is 12.6. The molecule has 2 aromatic rings. The van der Waals surface area contributed by atoms with Gasteiger partial charge in [-0.15, -0.1) is 11.3 Å². The van der Waals surface area contributed by atoms with Crippen LogP contribution in [-0.2, 0) is 6.42 Å². The van der Waals surface area contributed by atoms with E-state index in [1.807, 2.05) is 24.3 Å². The third-order valence-corrected chi connectivity index (χ3v) is 3.65. The topological polar surface area (TPSA) is 71.9 Å². The van der Waals surface area contributed by atoms with Gasteiger partial charge in [-0.05, 0) is 36.4 Å². The van der Waals surface area contributed by atoms with Crippen molar-refractivity contribution in [3.8, 4) is 22.3 Å². The highest BCUT2D eigenvalue weighted by molar-refractivity contribution is 7.15. The van der Waals surface area contributed by atoms with Crippen molar-refractivity contribution >= 4 is 11.3 Å². The minimum atomic E-state index is 0.466. The highest BCUT2D eigenvalue weighted by Gasteiger charge is 2.12. The molecular formula is C13H13N3OS. The Morgan fingerprint density at radius 2 is 2.11 bits per heavy atom. The van der Waals surface area contributed by atoms with Crippen molar-refractivity contribution in [1.29, 1.82) is 5.26 Å². The zero-order chi connectivity index (χ0) is 13.0. The Bertz CT molecular complexity index is 569. The van der Waals surface area contributed by atoms with Crippen LogP contribution in [0.15, 0.2) is 24.3 Å². The first-order valence-corrected chi connectivity index (χ1v) is 6.34. The number of nitriles is 1. The molecule has 0 bridgehead atoms. The molecule has 0 aliphatic heterocycles. The maximum Gasteiger partial charge on any atom is 0.159 e. The zero-order valence-corrected chi connectivity index (χ0v) is 10.8. The van der Waals surface area contributed by atoms with E-state index in [0.29, 0.717) is 18.7 Å². The fourth-order valence-electron chi connectivity index (χ4n) is 1.61. The highest BCUT2D eigenvalue weighted by Crippen LogP contribution is 2.31. The van der Waals surface area contributed by atoms with Crippen LogP contribution in [0.5, 0.6) is 5.75 Å². The minimum Gasteiger partial charge on any atom is -0.497 e. The van der Waals surface area contributed by atoms with E-state index in [9.17, 15) is 0 Å². The number of methoxy groups -OCH3 is 1. The lowest BCUT2D eigenvalue weighted by molar-refractivity contribution is 0.415. The van der Waals surface area contributed by atoms with Crippen LogP contribution in [0, 0.1) is 11.3 Å². The molecule has 92 valence electrons. The quantitative estimate of drug-likeness (QED) is 0.913. The van der Waals surface area contributed by atoms with Gasteiger partial charge in [-0.3, -0.25) is 0 Å². The smallest absolute Gasteiger partial charge is 0.159 e. The number of benzene rings is 1. The zero-order valence-electron chi connectivity index (χ0n) is 10.0. The van der Waals surface area contributed by atoms with E-state index in [1.165, 1.54) is 11.3 Å². The molecule has 4 nitrogen and oxygen atoms in total. The SMILES string of the molecule is COc1ccc(-c2sc(CCN)nc2C#N)cc1. The van der Waals surface area contributed by atoms with Crippen LogP contribution in [0.1, 0.15) is 10.7 Å². The van der Waals surface area contributed by atoms with E-state index in [1.54, 1.807) is 7.11 Å². The van der Waals surface area contributed by atoms with E-state index in [4.69, 9.17) is 15.7 Å². The minimum absolute atomic E-state index is 0.466. The fraction of sp³-hybridized carbons (Fsp3) is 0.231. The number of thiazole rings is 1. The van der Waals surface area contributed by atoms with Crippen LogP contribution in [0.4, 0.5) is 0 Å². The van der Waals surface area contributed by atoms with E-state index in [-0.39, 0.29) is 0 Å². The molecule has 0 aliphatic carbocycles. The summed E-state index contributed by atoms with van der Waals surface area (Å²) in [4.78, 5) is 5.18. The third-order valence-electron chi connectivity index (χ3n) is 2.49. The Morgan fingerprint density at radius 1 is 1.39 bits per heavy atom. The van der Waals surface area contributed by atoms with Gasteiger partial charge in [0.05, 0.1) is 17.0 Å². The molecular weight excluding hydrogens is 246 g/mol. The van der Waals surface area contributed by atoms with Gasteiger partial charge in [0, 0.05) is 6.42 Å². The van der Waals surface area contributed by atoms with Gasteiger partial charge in [0.25, 0.3) is 0 Å². The van der Waals surface area contributed by atoms with Crippen molar-refractivity contribution in [1.82, 2.24) is 4.98 Å². The molecule has 2 N–H and O–H groups in total. The molecule has 0 fully saturated rings. The molecule has 0 saturated heterocycles. The Morgan fingerprint density at radius 3 is 2.67 bits per heavy atom. The maximum atomic E-state index is 9.10. The summed E-state index contributed by atoms with van der Waals surface area (Å²) in [5.41, 5.74) is 6.95. The molecule has 1 aromatic carbocycles. The van der Waals surface area contributed by atoms with Gasteiger partial charge < -0.3 is 10.5 Å². The largest absolute Gasteiger partial charge is 0.497 e. The second kappa shape index (κ2) is 5.63. The summed E-state index contributed by atoms with van der Waals surface area (Å²) in [6, 6.07) is 9.74. The normalized spacial score (nSPS) is 10.1. The Kier molecular flexibility index (Phi) is 3.92. The summed E-state index contributed by atoms with van der Waals surface area (Å²) in [5, 5.41) is 10.0. The van der Waals surface area contributed by atoms with Gasteiger partial charge >= 0.3 is 0 Å². The lowest BCUT2D eigenvalue weighted by atomic mass is 10.1. The summed E-state index contributed by atoms with van der Waals surface area (Å²) in [6.45, 7) is 0.542. The van der Waals surface area contributed by atoms with Gasteiger partial charge in [-0.1, -0.05) is 0 Å². The number of hydrogen-bond donors (Lipinski definition) is 1. The van der Waals surface area contributed by atoms with Crippen LogP contribution >= 0.6 is 11.3 Å². The first-order chi connectivity index (χ1) is 8.78. The molecule has 0 unspecified atom stereocenters. The number of rotatable bonds is 4. The van der Waals surface area contributed by atoms with Gasteiger partial charge in [0.1, 0.15) is 11.8 Å². The van der Waals surface area contributed by atoms with Gasteiger partial charge in [0.15, 0.2) is 5.69 Å². The predicted molar refractivity (Wildman–Crippen MR) is 71.6 cm³/mol. The molecule has 0 spiro atoms. The van der Waals surface area contributed by atoms with Gasteiger partial charge in [0.2, 0.25) is 0 Å².